The summed E-state index contributed by atoms with van der Waals surface area (Å²) in [6.45, 7) is 5.30. The molecule has 0 aliphatic rings. The first-order chi connectivity index (χ1) is 8.82. The Morgan fingerprint density at radius 3 is 1.62 bits per heavy atom. The fourth-order valence-electron chi connectivity index (χ4n) is 1.72. The van der Waals surface area contributed by atoms with Crippen molar-refractivity contribution in [3.05, 3.63) is 32.8 Å². The molecule has 0 spiro atoms. The molecule has 1 aromatic rings. The molecular formula is C12H19BrCl2N4S2. The molecule has 0 aliphatic heterocycles. The fraction of sp³-hybridized carbons (Fsp3) is 0.333. The summed E-state index contributed by atoms with van der Waals surface area (Å²) < 4.78 is 1.08. The van der Waals surface area contributed by atoms with Crippen molar-refractivity contribution in [2.75, 3.05) is 0 Å². The summed E-state index contributed by atoms with van der Waals surface area (Å²) in [5.41, 5.74) is 15.5. The molecule has 0 saturated heterocycles. The average molecular weight is 434 g/mol. The fourth-order valence-corrected chi connectivity index (χ4v) is 2.38. The molecular weight excluding hydrogens is 415 g/mol. The van der Waals surface area contributed by atoms with Crippen molar-refractivity contribution in [2.45, 2.75) is 26.9 Å². The summed E-state index contributed by atoms with van der Waals surface area (Å²) in [6, 6.07) is 2.10. The van der Waals surface area contributed by atoms with Crippen molar-refractivity contribution < 1.29 is 0 Å². The monoisotopic (exact) mass is 432 g/mol. The number of hydrogen-bond acceptors (Lipinski definition) is 2. The molecule has 0 radical (unpaired) electrons. The molecule has 9 heteroatoms. The smallest absolute Gasteiger partial charge is 0.163 e. The van der Waals surface area contributed by atoms with Crippen LogP contribution in [0.15, 0.2) is 10.5 Å². The molecule has 0 aromatic heterocycles. The van der Waals surface area contributed by atoms with Crippen LogP contribution in [0.25, 0.3) is 0 Å². The molecule has 0 bridgehead atoms. The standard InChI is InChI=1S/C12H17BrN4S2.2ClH/c1-6-8(4-16-11(14)18)3-9(5-17-12(15)19)7(2)10(6)13;;/h3H,4-5H2,1-2H3,(H3,14,16,18)(H3,15,17,19);2*1H. The lowest BCUT2D eigenvalue weighted by molar-refractivity contribution is 0.873. The van der Waals surface area contributed by atoms with Gasteiger partial charge in [0.1, 0.15) is 0 Å². The van der Waals surface area contributed by atoms with Crippen LogP contribution in [0.1, 0.15) is 22.3 Å². The van der Waals surface area contributed by atoms with Crippen LogP contribution < -0.4 is 22.1 Å². The van der Waals surface area contributed by atoms with E-state index in [1.54, 1.807) is 0 Å². The number of rotatable bonds is 4. The molecule has 0 fully saturated rings. The molecule has 4 nitrogen and oxygen atoms in total. The number of hydrogen-bond donors (Lipinski definition) is 4. The van der Waals surface area contributed by atoms with Gasteiger partial charge in [-0.15, -0.1) is 24.8 Å². The van der Waals surface area contributed by atoms with Gasteiger partial charge >= 0.3 is 0 Å². The van der Waals surface area contributed by atoms with Gasteiger partial charge in [-0.25, -0.2) is 0 Å². The van der Waals surface area contributed by atoms with Gasteiger partial charge in [0.25, 0.3) is 0 Å². The highest BCUT2D eigenvalue weighted by Gasteiger charge is 2.10. The minimum atomic E-state index is 0. The van der Waals surface area contributed by atoms with Crippen molar-refractivity contribution in [3.8, 4) is 0 Å². The summed E-state index contributed by atoms with van der Waals surface area (Å²) >= 11 is 13.3. The van der Waals surface area contributed by atoms with Gasteiger partial charge in [-0.1, -0.05) is 22.0 Å². The Bertz CT molecular complexity index is 484. The van der Waals surface area contributed by atoms with Crippen molar-refractivity contribution in [2.24, 2.45) is 11.5 Å². The van der Waals surface area contributed by atoms with E-state index in [1.165, 1.54) is 11.1 Å². The van der Waals surface area contributed by atoms with E-state index < -0.39 is 0 Å². The molecule has 0 saturated carbocycles. The molecule has 0 heterocycles. The van der Waals surface area contributed by atoms with Crippen LogP contribution >= 0.6 is 65.2 Å². The predicted molar refractivity (Wildman–Crippen MR) is 105 cm³/mol. The minimum Gasteiger partial charge on any atom is -0.376 e. The van der Waals surface area contributed by atoms with Gasteiger partial charge < -0.3 is 22.1 Å². The molecule has 0 aliphatic carbocycles. The quantitative estimate of drug-likeness (QED) is 0.546. The normalized spacial score (nSPS) is 9.10. The van der Waals surface area contributed by atoms with Crippen molar-refractivity contribution in [3.63, 3.8) is 0 Å². The second-order valence-electron chi connectivity index (χ2n) is 4.19. The molecule has 1 aromatic carbocycles. The summed E-state index contributed by atoms with van der Waals surface area (Å²) in [5.74, 6) is 0. The van der Waals surface area contributed by atoms with Crippen molar-refractivity contribution in [1.29, 1.82) is 0 Å². The third-order valence-electron chi connectivity index (χ3n) is 2.88. The highest BCUT2D eigenvalue weighted by Crippen LogP contribution is 2.27. The Kier molecular flexibility index (Phi) is 11.4. The zero-order valence-corrected chi connectivity index (χ0v) is 16.5. The lowest BCUT2D eigenvalue weighted by Crippen LogP contribution is -2.30. The van der Waals surface area contributed by atoms with Gasteiger partial charge in [-0.2, -0.15) is 0 Å². The number of nitrogens with two attached hydrogens (primary N) is 2. The summed E-state index contributed by atoms with van der Waals surface area (Å²) in [7, 11) is 0. The highest BCUT2D eigenvalue weighted by atomic mass is 79.9. The summed E-state index contributed by atoms with van der Waals surface area (Å²) in [4.78, 5) is 0. The lowest BCUT2D eigenvalue weighted by Gasteiger charge is -2.16. The molecule has 6 N–H and O–H groups in total. The Morgan fingerprint density at radius 2 is 1.33 bits per heavy atom. The summed E-state index contributed by atoms with van der Waals surface area (Å²) in [5, 5.41) is 6.50. The SMILES string of the molecule is Cc1c(CNC(N)=S)cc(CNC(N)=S)c(C)c1Br.Cl.Cl. The van der Waals surface area contributed by atoms with Gasteiger partial charge in [0.2, 0.25) is 0 Å². The van der Waals surface area contributed by atoms with Crippen LogP contribution in [0.4, 0.5) is 0 Å². The molecule has 21 heavy (non-hydrogen) atoms. The molecule has 0 unspecified atom stereocenters. The molecule has 1 rings (SSSR count). The summed E-state index contributed by atoms with van der Waals surface area (Å²) in [6.07, 6.45) is 0. The molecule has 0 atom stereocenters. The number of halogens is 3. The van der Waals surface area contributed by atoms with Crippen molar-refractivity contribution in [1.82, 2.24) is 10.6 Å². The first kappa shape index (κ1) is 22.9. The Hall–Kier alpha value is -0.340. The zero-order valence-electron chi connectivity index (χ0n) is 11.7. The topological polar surface area (TPSA) is 76.1 Å². The maximum atomic E-state index is 5.46. The van der Waals surface area contributed by atoms with Crippen LogP contribution in [0.3, 0.4) is 0 Å². The van der Waals surface area contributed by atoms with Gasteiger partial charge in [0.05, 0.1) is 0 Å². The van der Waals surface area contributed by atoms with Gasteiger partial charge in [0.15, 0.2) is 10.2 Å². The van der Waals surface area contributed by atoms with Gasteiger partial charge in [-0.3, -0.25) is 0 Å². The Morgan fingerprint density at radius 1 is 1.00 bits per heavy atom. The first-order valence-corrected chi connectivity index (χ1v) is 7.28. The van der Waals surface area contributed by atoms with Gasteiger partial charge in [0, 0.05) is 17.6 Å². The Labute approximate surface area is 156 Å². The minimum absolute atomic E-state index is 0. The van der Waals surface area contributed by atoms with E-state index in [-0.39, 0.29) is 24.8 Å². The first-order valence-electron chi connectivity index (χ1n) is 5.67. The Balaban J connectivity index is 0. The second kappa shape index (κ2) is 10.4. The number of nitrogens with one attached hydrogen (secondary N) is 2. The van der Waals surface area contributed by atoms with Crippen LogP contribution in [-0.4, -0.2) is 10.2 Å². The largest absolute Gasteiger partial charge is 0.376 e. The number of benzene rings is 1. The van der Waals surface area contributed by atoms with E-state index in [2.05, 4.69) is 46.5 Å². The van der Waals surface area contributed by atoms with Crippen LogP contribution in [0, 0.1) is 13.8 Å². The van der Waals surface area contributed by atoms with E-state index in [1.807, 2.05) is 0 Å². The maximum Gasteiger partial charge on any atom is 0.163 e. The highest BCUT2D eigenvalue weighted by molar-refractivity contribution is 9.10. The predicted octanol–water partition coefficient (Wildman–Crippen LogP) is 2.58. The van der Waals surface area contributed by atoms with Gasteiger partial charge in [-0.05, 0) is 60.5 Å². The van der Waals surface area contributed by atoms with Crippen LogP contribution in [-0.2, 0) is 13.1 Å². The zero-order chi connectivity index (χ0) is 14.6. The lowest BCUT2D eigenvalue weighted by atomic mass is 9.99. The second-order valence-corrected chi connectivity index (χ2v) is 5.87. The van der Waals surface area contributed by atoms with E-state index in [9.17, 15) is 0 Å². The van der Waals surface area contributed by atoms with E-state index in [4.69, 9.17) is 35.9 Å². The third-order valence-corrected chi connectivity index (χ3v) is 4.35. The number of thiocarbonyl (C=S) groups is 2. The van der Waals surface area contributed by atoms with Crippen LogP contribution in [0.5, 0.6) is 0 Å². The third kappa shape index (κ3) is 6.97. The van der Waals surface area contributed by atoms with Crippen molar-refractivity contribution >= 4 is 75.4 Å². The van der Waals surface area contributed by atoms with Crippen LogP contribution in [0.2, 0.25) is 0 Å². The van der Waals surface area contributed by atoms with E-state index >= 15 is 0 Å². The van der Waals surface area contributed by atoms with E-state index in [0.29, 0.717) is 23.3 Å². The molecule has 0 amide bonds. The average Bonchev–Trinajstić information content (AvgIpc) is 2.33. The maximum absolute atomic E-state index is 5.46. The van der Waals surface area contributed by atoms with E-state index in [0.717, 1.165) is 15.6 Å². The molecule has 120 valence electrons.